The summed E-state index contributed by atoms with van der Waals surface area (Å²) >= 11 is 0. The number of rotatable bonds is 2. The van der Waals surface area contributed by atoms with Crippen LogP contribution in [0.25, 0.3) is 11.3 Å². The molecule has 0 atom stereocenters. The lowest BCUT2D eigenvalue weighted by Crippen LogP contribution is -2.29. The number of nitrogens with zero attached hydrogens (tertiary/aromatic N) is 3. The summed E-state index contributed by atoms with van der Waals surface area (Å²) in [6.07, 6.45) is 0. The average molecular weight is 231 g/mol. The van der Waals surface area contributed by atoms with Gasteiger partial charge in [-0.25, -0.2) is 10.2 Å². The fourth-order valence-electron chi connectivity index (χ4n) is 1.52. The Labute approximate surface area is 98.4 Å². The van der Waals surface area contributed by atoms with Crippen LogP contribution in [0.3, 0.4) is 0 Å². The van der Waals surface area contributed by atoms with E-state index in [4.69, 9.17) is 5.73 Å². The molecule has 1 heterocycles. The number of benzene rings is 1. The van der Waals surface area contributed by atoms with Crippen LogP contribution in [0.4, 0.5) is 4.79 Å². The Kier molecular flexibility index (Phi) is 2.78. The lowest BCUT2D eigenvalue weighted by Gasteiger charge is -2.03. The SMILES string of the molecule is Cc1ccc(-c2nnn(NC(N)=O)c2C)cc1. The van der Waals surface area contributed by atoms with Gasteiger partial charge in [0, 0.05) is 5.56 Å². The van der Waals surface area contributed by atoms with E-state index in [9.17, 15) is 4.79 Å². The molecule has 17 heavy (non-hydrogen) atoms. The Morgan fingerprint density at radius 1 is 1.29 bits per heavy atom. The summed E-state index contributed by atoms with van der Waals surface area (Å²) in [7, 11) is 0. The van der Waals surface area contributed by atoms with Gasteiger partial charge in [-0.15, -0.1) is 5.10 Å². The second-order valence-electron chi connectivity index (χ2n) is 3.78. The number of nitrogens with two attached hydrogens (primary N) is 1. The molecule has 0 saturated carbocycles. The number of carbonyl (C=O) groups is 1. The molecule has 0 saturated heterocycles. The molecule has 2 aromatic rings. The maximum Gasteiger partial charge on any atom is 0.332 e. The Balaban J connectivity index is 2.37. The van der Waals surface area contributed by atoms with Crippen molar-refractivity contribution in [2.24, 2.45) is 5.73 Å². The highest BCUT2D eigenvalue weighted by Gasteiger charge is 2.11. The molecule has 0 aliphatic rings. The highest BCUT2D eigenvalue weighted by atomic mass is 16.2. The first-order valence-electron chi connectivity index (χ1n) is 5.13. The zero-order valence-corrected chi connectivity index (χ0v) is 9.64. The van der Waals surface area contributed by atoms with Crippen LogP contribution in [0.15, 0.2) is 24.3 Å². The van der Waals surface area contributed by atoms with Crippen molar-refractivity contribution in [3.8, 4) is 11.3 Å². The predicted octanol–water partition coefficient (Wildman–Crippen LogP) is 1.18. The number of hydrogen-bond donors (Lipinski definition) is 2. The van der Waals surface area contributed by atoms with E-state index in [1.165, 1.54) is 10.4 Å². The van der Waals surface area contributed by atoms with Crippen molar-refractivity contribution in [3.05, 3.63) is 35.5 Å². The van der Waals surface area contributed by atoms with Gasteiger partial charge in [0.15, 0.2) is 0 Å². The van der Waals surface area contributed by atoms with Crippen LogP contribution in [-0.2, 0) is 0 Å². The van der Waals surface area contributed by atoms with Crippen LogP contribution in [0.5, 0.6) is 0 Å². The van der Waals surface area contributed by atoms with Crippen molar-refractivity contribution in [3.63, 3.8) is 0 Å². The number of amides is 2. The van der Waals surface area contributed by atoms with E-state index in [1.54, 1.807) is 0 Å². The molecule has 0 radical (unpaired) electrons. The summed E-state index contributed by atoms with van der Waals surface area (Å²) in [6.45, 7) is 3.83. The van der Waals surface area contributed by atoms with Crippen LogP contribution >= 0.6 is 0 Å². The smallest absolute Gasteiger partial charge is 0.332 e. The first-order chi connectivity index (χ1) is 8.08. The maximum atomic E-state index is 10.7. The zero-order chi connectivity index (χ0) is 12.4. The number of aromatic nitrogens is 3. The highest BCUT2D eigenvalue weighted by Crippen LogP contribution is 2.20. The minimum absolute atomic E-state index is 0.673. The molecule has 88 valence electrons. The minimum atomic E-state index is -0.673. The summed E-state index contributed by atoms with van der Waals surface area (Å²) in [4.78, 5) is 12.0. The lowest BCUT2D eigenvalue weighted by molar-refractivity contribution is 0.256. The van der Waals surface area contributed by atoms with Gasteiger partial charge in [0.05, 0.1) is 5.69 Å². The first-order valence-corrected chi connectivity index (χ1v) is 5.13. The predicted molar refractivity (Wildman–Crippen MR) is 63.9 cm³/mol. The summed E-state index contributed by atoms with van der Waals surface area (Å²) < 4.78 is 0. The first kappa shape index (κ1) is 11.1. The van der Waals surface area contributed by atoms with Crippen molar-refractivity contribution in [1.29, 1.82) is 0 Å². The third-order valence-electron chi connectivity index (χ3n) is 2.44. The molecule has 0 unspecified atom stereocenters. The van der Waals surface area contributed by atoms with Gasteiger partial charge in [0.1, 0.15) is 5.69 Å². The second kappa shape index (κ2) is 4.25. The van der Waals surface area contributed by atoms with Crippen LogP contribution in [0, 0.1) is 13.8 Å². The summed E-state index contributed by atoms with van der Waals surface area (Å²) in [5, 5.41) is 7.82. The molecule has 1 aromatic heterocycles. The number of nitrogens with one attached hydrogen (secondary N) is 1. The van der Waals surface area contributed by atoms with Crippen LogP contribution < -0.4 is 11.2 Å². The third kappa shape index (κ3) is 2.25. The maximum absolute atomic E-state index is 10.7. The van der Waals surface area contributed by atoms with E-state index < -0.39 is 6.03 Å². The van der Waals surface area contributed by atoms with E-state index in [2.05, 4.69) is 15.7 Å². The Hall–Kier alpha value is -2.37. The molecule has 2 amide bonds. The number of urea groups is 1. The van der Waals surface area contributed by atoms with Crippen molar-refractivity contribution < 1.29 is 4.79 Å². The molecule has 6 heteroatoms. The molecule has 6 nitrogen and oxygen atoms in total. The molecule has 0 spiro atoms. The second-order valence-corrected chi connectivity index (χ2v) is 3.78. The van der Waals surface area contributed by atoms with Crippen molar-refractivity contribution in [2.75, 3.05) is 5.43 Å². The average Bonchev–Trinajstić information content (AvgIpc) is 2.61. The minimum Gasteiger partial charge on any atom is -0.350 e. The molecule has 0 aliphatic heterocycles. The molecular weight excluding hydrogens is 218 g/mol. The Morgan fingerprint density at radius 3 is 2.53 bits per heavy atom. The standard InChI is InChI=1S/C11H13N5O/c1-7-3-5-9(6-4-7)10-8(2)16(15-13-10)14-11(12)17/h3-6H,1-2H3,(H3,12,14,17). The molecule has 2 rings (SSSR count). The Morgan fingerprint density at radius 2 is 1.94 bits per heavy atom. The van der Waals surface area contributed by atoms with Gasteiger partial charge in [-0.3, -0.25) is 0 Å². The third-order valence-corrected chi connectivity index (χ3v) is 2.44. The van der Waals surface area contributed by atoms with Gasteiger partial charge in [-0.05, 0) is 19.1 Å². The topological polar surface area (TPSA) is 85.8 Å². The van der Waals surface area contributed by atoms with Crippen LogP contribution in [-0.4, -0.2) is 21.1 Å². The highest BCUT2D eigenvalue weighted by molar-refractivity contribution is 5.80. The van der Waals surface area contributed by atoms with Crippen molar-refractivity contribution in [1.82, 2.24) is 15.1 Å². The number of carbonyl (C=O) groups excluding carboxylic acids is 1. The van der Waals surface area contributed by atoms with Crippen LogP contribution in [0.2, 0.25) is 0 Å². The van der Waals surface area contributed by atoms with E-state index in [1.807, 2.05) is 38.1 Å². The lowest BCUT2D eigenvalue weighted by atomic mass is 10.1. The van der Waals surface area contributed by atoms with Crippen LogP contribution in [0.1, 0.15) is 11.3 Å². The monoisotopic (exact) mass is 231 g/mol. The van der Waals surface area contributed by atoms with Gasteiger partial charge < -0.3 is 5.73 Å². The number of primary amides is 1. The van der Waals surface area contributed by atoms with Crippen molar-refractivity contribution >= 4 is 6.03 Å². The summed E-state index contributed by atoms with van der Waals surface area (Å²) in [6, 6.07) is 7.24. The Bertz CT molecular complexity index is 543. The molecule has 1 aromatic carbocycles. The van der Waals surface area contributed by atoms with Crippen molar-refractivity contribution in [2.45, 2.75) is 13.8 Å². The van der Waals surface area contributed by atoms with Gasteiger partial charge >= 0.3 is 6.03 Å². The fraction of sp³-hybridized carbons (Fsp3) is 0.182. The van der Waals surface area contributed by atoms with Gasteiger partial charge in [0.25, 0.3) is 0 Å². The van der Waals surface area contributed by atoms with Gasteiger partial charge in [-0.1, -0.05) is 29.8 Å². The normalized spacial score (nSPS) is 10.2. The van der Waals surface area contributed by atoms with E-state index in [0.29, 0.717) is 0 Å². The van der Waals surface area contributed by atoms with Gasteiger partial charge in [-0.2, -0.15) is 4.79 Å². The molecule has 0 aliphatic carbocycles. The molecule has 0 fully saturated rings. The van der Waals surface area contributed by atoms with E-state index >= 15 is 0 Å². The quantitative estimate of drug-likeness (QED) is 0.813. The van der Waals surface area contributed by atoms with E-state index in [0.717, 1.165) is 17.0 Å². The number of aryl methyl sites for hydroxylation is 1. The molecular formula is C11H13N5O. The number of hydrogen-bond acceptors (Lipinski definition) is 3. The van der Waals surface area contributed by atoms with E-state index in [-0.39, 0.29) is 0 Å². The fourth-order valence-corrected chi connectivity index (χ4v) is 1.52. The zero-order valence-electron chi connectivity index (χ0n) is 9.64. The molecule has 3 N–H and O–H groups in total. The molecule has 0 bridgehead atoms. The largest absolute Gasteiger partial charge is 0.350 e. The summed E-state index contributed by atoms with van der Waals surface area (Å²) in [5.74, 6) is 0. The van der Waals surface area contributed by atoms with Gasteiger partial charge in [0.2, 0.25) is 0 Å². The summed E-state index contributed by atoms with van der Waals surface area (Å²) in [5.41, 5.74) is 11.0.